The highest BCUT2D eigenvalue weighted by molar-refractivity contribution is 7.52. The number of alkyl carbamates (subject to hydrolysis) is 3. The van der Waals surface area contributed by atoms with Crippen LogP contribution in [0, 0.1) is 5.92 Å². The second-order valence-electron chi connectivity index (χ2n) is 28.2. The predicted octanol–water partition coefficient (Wildman–Crippen LogP) is 15.2. The third-order valence-electron chi connectivity index (χ3n) is 20.0. The van der Waals surface area contributed by atoms with Gasteiger partial charge in [-0.2, -0.15) is 8.78 Å². The van der Waals surface area contributed by atoms with Gasteiger partial charge >= 0.3 is 31.5 Å². The smallest absolute Gasteiger partial charge is 0.407 e. The van der Waals surface area contributed by atoms with E-state index in [-0.39, 0.29) is 91.4 Å². The van der Waals surface area contributed by atoms with Crippen molar-refractivity contribution in [1.29, 1.82) is 0 Å². The van der Waals surface area contributed by atoms with Crippen molar-refractivity contribution in [2.75, 3.05) is 46.5 Å². The summed E-state index contributed by atoms with van der Waals surface area (Å²) in [6, 6.07) is 50.3. The minimum absolute atomic E-state index is 0.00845. The quantitative estimate of drug-likeness (QED) is 0.00745. The Hall–Kier alpha value is -10.9. The molecule has 6 amide bonds. The van der Waals surface area contributed by atoms with Crippen molar-refractivity contribution < 1.29 is 85.3 Å². The van der Waals surface area contributed by atoms with Crippen molar-refractivity contribution in [2.45, 2.75) is 180 Å². The molecule has 2 aliphatic carbocycles. The van der Waals surface area contributed by atoms with E-state index < -0.39 is 54.9 Å². The Labute approximate surface area is 679 Å². The van der Waals surface area contributed by atoms with Crippen LogP contribution in [0.3, 0.4) is 0 Å². The van der Waals surface area contributed by atoms with Gasteiger partial charge in [-0.1, -0.05) is 193 Å². The van der Waals surface area contributed by atoms with E-state index in [1.807, 2.05) is 98.8 Å². The number of aryl methyl sites for hydroxylation is 2. The lowest BCUT2D eigenvalue weighted by molar-refractivity contribution is -0.132. The van der Waals surface area contributed by atoms with Crippen LogP contribution in [0.5, 0.6) is 0 Å². The number of fused-ring (bicyclic) bond motifs is 6. The van der Waals surface area contributed by atoms with Crippen LogP contribution in [0.25, 0.3) is 22.3 Å². The van der Waals surface area contributed by atoms with Crippen LogP contribution in [-0.4, -0.2) is 134 Å². The van der Waals surface area contributed by atoms with Gasteiger partial charge in [-0.15, -0.1) is 0 Å². The number of unbranched alkanes of at least 4 members (excludes halogenated alkanes) is 3. The molecule has 0 fully saturated rings. The number of nitrogens with two attached hydrogens (primary N) is 1. The van der Waals surface area contributed by atoms with Crippen molar-refractivity contribution in [2.24, 2.45) is 11.7 Å². The molecular weight excluding hydrogens is 1500 g/mol. The Morgan fingerprint density at radius 1 is 0.500 bits per heavy atom. The van der Waals surface area contributed by atoms with Crippen LogP contribution >= 0.6 is 7.60 Å². The van der Waals surface area contributed by atoms with E-state index >= 15 is 0 Å². The first-order valence-electron chi connectivity index (χ1n) is 39.7. The summed E-state index contributed by atoms with van der Waals surface area (Å²) in [5.41, 5.74) is 14.0. The number of halogens is 2. The number of benzene rings is 7. The van der Waals surface area contributed by atoms with Gasteiger partial charge in [-0.05, 0) is 169 Å². The first kappa shape index (κ1) is 94.0. The van der Waals surface area contributed by atoms with Gasteiger partial charge in [0.1, 0.15) is 31.4 Å². The summed E-state index contributed by atoms with van der Waals surface area (Å²) in [5, 5.41) is 16.3. The second-order valence-corrected chi connectivity index (χ2v) is 29.9. The Balaban J connectivity index is 0.000000252. The highest BCUT2D eigenvalue weighted by Crippen LogP contribution is 2.59. The maximum absolute atomic E-state index is 14.0. The van der Waals surface area contributed by atoms with E-state index in [9.17, 15) is 61.3 Å². The fourth-order valence-electron chi connectivity index (χ4n) is 13.4. The monoisotopic (exact) mass is 1620 g/mol. The third-order valence-corrected chi connectivity index (χ3v) is 21.0. The maximum atomic E-state index is 14.0. The van der Waals surface area contributed by atoms with Gasteiger partial charge < -0.3 is 66.4 Å². The Morgan fingerprint density at radius 2 is 0.888 bits per heavy atom. The molecule has 26 heteroatoms. The molecule has 10 N–H and O–H groups in total. The van der Waals surface area contributed by atoms with Gasteiger partial charge in [0.2, 0.25) is 5.91 Å². The molecule has 0 aliphatic heterocycles. The second kappa shape index (κ2) is 48.5. The Bertz CT molecular complexity index is 4370. The van der Waals surface area contributed by atoms with Crippen LogP contribution in [0.1, 0.15) is 202 Å². The molecule has 0 aromatic heterocycles. The summed E-state index contributed by atoms with van der Waals surface area (Å²) in [7, 11) is -4.16. The third kappa shape index (κ3) is 29.2. The lowest BCUT2D eigenvalue weighted by Gasteiger charge is -2.22. The molecule has 0 heterocycles. The average Bonchev–Trinajstić information content (AvgIpc) is 1.60. The summed E-state index contributed by atoms with van der Waals surface area (Å²) in [5.74, 6) is -1.99. The lowest BCUT2D eigenvalue weighted by Crippen LogP contribution is -2.44. The van der Waals surface area contributed by atoms with Crippen molar-refractivity contribution >= 4 is 66.7 Å². The molecule has 0 saturated carbocycles. The minimum atomic E-state index is -5.73. The van der Waals surface area contributed by atoms with E-state index in [1.54, 1.807) is 33.0 Å². The van der Waals surface area contributed by atoms with Gasteiger partial charge in [0.05, 0.1) is 18.1 Å². The first-order valence-corrected chi connectivity index (χ1v) is 41.3. The van der Waals surface area contributed by atoms with E-state index in [1.165, 1.54) is 52.9 Å². The summed E-state index contributed by atoms with van der Waals surface area (Å²) in [6.45, 7) is 16.3. The number of hydrogen-bond donors (Lipinski definition) is 9. The fourth-order valence-corrected chi connectivity index (χ4v) is 13.9. The number of carbonyl (C=O) groups is 10. The normalized spacial score (nSPS) is 12.8. The number of hydrogen-bond acceptors (Lipinski definition) is 15. The number of alkyl halides is 2. The highest BCUT2D eigenvalue weighted by atomic mass is 31.2. The molecule has 4 unspecified atom stereocenters. The van der Waals surface area contributed by atoms with E-state index in [2.05, 4.69) is 93.9 Å². The van der Waals surface area contributed by atoms with Crippen LogP contribution < -0.4 is 37.6 Å². The number of nitrogens with one attached hydrogen (secondary N) is 6. The lowest BCUT2D eigenvalue weighted by atomic mass is 9.92. The summed E-state index contributed by atoms with van der Waals surface area (Å²) >= 11 is 0. The van der Waals surface area contributed by atoms with Gasteiger partial charge in [-0.25, -0.2) is 14.4 Å². The molecule has 2 aliphatic rings. The van der Waals surface area contributed by atoms with Crippen molar-refractivity contribution in [3.8, 4) is 22.3 Å². The first-order chi connectivity index (χ1) is 55.6. The number of Topliss-reactive ketones (excluding diaryl/α,β-unsaturated/α-hetero) is 4. The predicted molar refractivity (Wildman–Crippen MR) is 444 cm³/mol. The number of amides is 6. The maximum Gasteiger partial charge on any atom is 0.407 e. The number of rotatable bonds is 40. The number of ether oxygens (including phenoxy) is 3. The van der Waals surface area contributed by atoms with Crippen molar-refractivity contribution in [3.63, 3.8) is 0 Å². The van der Waals surface area contributed by atoms with Gasteiger partial charge in [-0.3, -0.25) is 33.3 Å². The van der Waals surface area contributed by atoms with Crippen LogP contribution in [0.2, 0.25) is 0 Å². The SMILES string of the molecule is C=CCOC(=O)NCCCCC(NC(=O)OCC1c2ccccc2-c2ccccc21)C(=O)CC.CCC(=O)C(CCCCNC(=O)c1ccc(CC)cc1)NC(=O)C(CC(C)=O)Cc1ccc(C(F)(F)P(=O)(O)O)cc1.CCC(=O)C(N)CCCCNC(=O)c1ccc(CC)cc1.CNC(=O)OCC1c2ccccc2-c2ccccc21. The van der Waals surface area contributed by atoms with Crippen LogP contribution in [-0.2, 0) is 67.7 Å². The topological polar surface area (TPSA) is 354 Å². The molecule has 7 aromatic rings. The summed E-state index contributed by atoms with van der Waals surface area (Å²) in [4.78, 5) is 139. The molecule has 0 spiro atoms. The molecule has 0 radical (unpaired) electrons. The Morgan fingerprint density at radius 3 is 1.28 bits per heavy atom. The van der Waals surface area contributed by atoms with Gasteiger partial charge in [0.25, 0.3) is 11.8 Å². The molecule has 116 heavy (non-hydrogen) atoms. The number of ketones is 4. The number of carbonyl (C=O) groups excluding carboxylic acids is 10. The molecule has 7 aromatic carbocycles. The standard InChI is InChI=1S/C30H39F2N2O7P.C27H32N2O5.C17H26N2O2.C16H15NO2/c1-4-21-9-13-23(14-10-21)28(37)33-17-7-6-8-26(27(36)5-2)34-29(38)24(18-20(3)35)19-22-11-15-25(16-12-22)30(31,32)42(39,40)41;1-3-17-33-26(31)28-16-10-9-15-24(25(30)4-2)29-27(32)34-18-23-21-13-7-5-11-19(21)20-12-6-8-14-22(20)23;1-3-13-8-10-14(11-9-13)17(21)19-12-6-5-7-15(18)16(20)4-2;1-17-16(18)19-10-15-13-8-4-2-6-11(13)12-7-3-5-9-14(12)15/h9-16,24,26H,4-8,17-19H2,1-3H3,(H,33,37)(H,34,38)(H2,39,40,41);3,5-8,11-14,23-24H,1,4,9-10,15-18H2,2H3,(H,28,31)(H,29,32);8-11,15H,3-7,12,18H2,1-2H3,(H,19,21);2-9,15H,10H2,1H3,(H,17,18). The van der Waals surface area contributed by atoms with Gasteiger partial charge in [0.15, 0.2) is 11.6 Å². The van der Waals surface area contributed by atoms with Crippen LogP contribution in [0.15, 0.2) is 183 Å². The molecule has 0 bridgehead atoms. The fraction of sp³-hybridized carbons (Fsp3) is 0.400. The van der Waals surface area contributed by atoms with E-state index in [0.717, 1.165) is 65.6 Å². The molecule has 622 valence electrons. The molecular formula is C90H112F2N7O16P. The summed E-state index contributed by atoms with van der Waals surface area (Å²) in [6.07, 6.45) is 8.30. The highest BCUT2D eigenvalue weighted by Gasteiger charge is 2.50. The van der Waals surface area contributed by atoms with E-state index in [4.69, 9.17) is 29.7 Å². The molecule has 9 rings (SSSR count). The van der Waals surface area contributed by atoms with E-state index in [0.29, 0.717) is 101 Å². The molecule has 0 saturated heterocycles. The molecule has 23 nitrogen and oxygen atoms in total. The zero-order valence-electron chi connectivity index (χ0n) is 67.4. The average molecular weight is 1620 g/mol. The van der Waals surface area contributed by atoms with Crippen molar-refractivity contribution in [1.82, 2.24) is 31.9 Å². The molecule has 4 atom stereocenters. The summed E-state index contributed by atoms with van der Waals surface area (Å²) < 4.78 is 54.8. The van der Waals surface area contributed by atoms with Crippen molar-refractivity contribution in [3.05, 3.63) is 238 Å². The van der Waals surface area contributed by atoms with Crippen LogP contribution in [0.4, 0.5) is 23.2 Å². The van der Waals surface area contributed by atoms with Gasteiger partial charge in [0, 0.05) is 86.8 Å². The zero-order chi connectivity index (χ0) is 84.7. The Kier molecular flexibility index (Phi) is 39.3. The largest absolute Gasteiger partial charge is 0.449 e. The zero-order valence-corrected chi connectivity index (χ0v) is 68.3. The minimum Gasteiger partial charge on any atom is -0.449 e.